The molecule has 3 N–H and O–H groups in total. The van der Waals surface area contributed by atoms with Crippen molar-refractivity contribution in [1.29, 1.82) is 0 Å². The van der Waals surface area contributed by atoms with Crippen molar-refractivity contribution in [3.63, 3.8) is 0 Å². The van der Waals surface area contributed by atoms with E-state index < -0.39 is 29.9 Å². The van der Waals surface area contributed by atoms with Gasteiger partial charge < -0.3 is 25.4 Å². The summed E-state index contributed by atoms with van der Waals surface area (Å²) in [5.41, 5.74) is 5.11. The van der Waals surface area contributed by atoms with E-state index >= 15 is 0 Å². The Hall–Kier alpha value is -1.83. The minimum atomic E-state index is -0.989. The van der Waals surface area contributed by atoms with Crippen LogP contribution in [-0.2, 0) is 14.3 Å². The lowest BCUT2D eigenvalue weighted by molar-refractivity contribution is -0.143. The van der Waals surface area contributed by atoms with E-state index in [1.807, 2.05) is 0 Å². The van der Waals surface area contributed by atoms with E-state index in [2.05, 4.69) is 0 Å². The van der Waals surface area contributed by atoms with Crippen LogP contribution in [-0.4, -0.2) is 71.7 Å². The summed E-state index contributed by atoms with van der Waals surface area (Å²) in [6, 6.07) is -0.914. The number of aliphatic carboxylic acids is 1. The van der Waals surface area contributed by atoms with Gasteiger partial charge in [-0.2, -0.15) is 0 Å². The molecule has 2 atom stereocenters. The number of hydrogen-bond acceptors (Lipinski definition) is 4. The Balaban J connectivity index is 2.85. The van der Waals surface area contributed by atoms with Gasteiger partial charge in [-0.15, -0.1) is 0 Å². The van der Waals surface area contributed by atoms with E-state index in [0.29, 0.717) is 13.1 Å². The van der Waals surface area contributed by atoms with Crippen LogP contribution in [0.5, 0.6) is 0 Å². The maximum Gasteiger partial charge on any atom is 0.320 e. The summed E-state index contributed by atoms with van der Waals surface area (Å²) in [7, 11) is 0. The Bertz CT molecular complexity index is 387. The average molecular weight is 287 g/mol. The van der Waals surface area contributed by atoms with E-state index in [1.54, 1.807) is 13.8 Å². The SMILES string of the molecule is CCN(CC(N)=O)C(=O)N(CC)C1COCC1C(=O)O. The lowest BCUT2D eigenvalue weighted by atomic mass is 10.0. The number of rotatable bonds is 6. The lowest BCUT2D eigenvalue weighted by Gasteiger charge is -2.33. The van der Waals surface area contributed by atoms with Crippen molar-refractivity contribution in [3.8, 4) is 0 Å². The second kappa shape index (κ2) is 7.09. The molecule has 20 heavy (non-hydrogen) atoms. The first-order valence-electron chi connectivity index (χ1n) is 6.56. The van der Waals surface area contributed by atoms with Crippen LogP contribution in [0.3, 0.4) is 0 Å². The van der Waals surface area contributed by atoms with Crippen LogP contribution in [0.2, 0.25) is 0 Å². The second-order valence-electron chi connectivity index (χ2n) is 4.60. The monoisotopic (exact) mass is 287 g/mol. The van der Waals surface area contributed by atoms with Crippen molar-refractivity contribution in [3.05, 3.63) is 0 Å². The first kappa shape index (κ1) is 16.2. The van der Waals surface area contributed by atoms with Gasteiger partial charge in [0.25, 0.3) is 0 Å². The number of urea groups is 1. The number of hydrogen-bond donors (Lipinski definition) is 2. The van der Waals surface area contributed by atoms with Crippen molar-refractivity contribution < 1.29 is 24.2 Å². The number of carbonyl (C=O) groups is 3. The number of primary amides is 1. The van der Waals surface area contributed by atoms with E-state index in [9.17, 15) is 14.4 Å². The van der Waals surface area contributed by atoms with E-state index in [-0.39, 0.29) is 19.8 Å². The van der Waals surface area contributed by atoms with Gasteiger partial charge in [-0.3, -0.25) is 9.59 Å². The summed E-state index contributed by atoms with van der Waals surface area (Å²) >= 11 is 0. The van der Waals surface area contributed by atoms with Gasteiger partial charge in [-0.25, -0.2) is 4.79 Å². The maximum atomic E-state index is 12.4. The second-order valence-corrected chi connectivity index (χ2v) is 4.60. The number of nitrogens with zero attached hydrogens (tertiary/aromatic N) is 2. The standard InChI is InChI=1S/C12H21N3O5/c1-3-14(5-10(13)16)12(19)15(4-2)9-7-20-6-8(9)11(17)18/h8-9H,3-7H2,1-2H3,(H2,13,16)(H,17,18). The first-order chi connectivity index (χ1) is 9.42. The molecular formula is C12H21N3O5. The zero-order chi connectivity index (χ0) is 15.3. The van der Waals surface area contributed by atoms with Gasteiger partial charge in [-0.05, 0) is 13.8 Å². The molecule has 0 radical (unpaired) electrons. The van der Waals surface area contributed by atoms with Crippen LogP contribution >= 0.6 is 0 Å². The molecule has 0 aliphatic carbocycles. The summed E-state index contributed by atoms with van der Waals surface area (Å²) in [6.45, 7) is 4.24. The van der Waals surface area contributed by atoms with Gasteiger partial charge in [0, 0.05) is 13.1 Å². The molecule has 0 aromatic rings. The third-order valence-corrected chi connectivity index (χ3v) is 3.35. The molecule has 0 spiro atoms. The molecule has 1 heterocycles. The molecule has 0 bridgehead atoms. The number of amides is 3. The molecule has 0 aromatic carbocycles. The zero-order valence-electron chi connectivity index (χ0n) is 11.7. The third kappa shape index (κ3) is 3.60. The van der Waals surface area contributed by atoms with Gasteiger partial charge in [-0.1, -0.05) is 0 Å². The van der Waals surface area contributed by atoms with E-state index in [4.69, 9.17) is 15.6 Å². The molecule has 2 unspecified atom stereocenters. The number of carboxylic acid groups (broad SMARTS) is 1. The highest BCUT2D eigenvalue weighted by Gasteiger charge is 2.40. The van der Waals surface area contributed by atoms with Crippen molar-refractivity contribution in [2.24, 2.45) is 11.7 Å². The Kier molecular flexibility index (Phi) is 5.75. The molecule has 1 aliphatic heterocycles. The van der Waals surface area contributed by atoms with E-state index in [1.165, 1.54) is 9.80 Å². The van der Waals surface area contributed by atoms with Crippen LogP contribution in [0.4, 0.5) is 4.79 Å². The summed E-state index contributed by atoms with van der Waals surface area (Å²) in [4.78, 5) is 37.3. The largest absolute Gasteiger partial charge is 0.481 e. The van der Waals surface area contributed by atoms with Crippen LogP contribution in [0, 0.1) is 5.92 Å². The highest BCUT2D eigenvalue weighted by molar-refractivity contribution is 5.83. The lowest BCUT2D eigenvalue weighted by Crippen LogP contribution is -2.53. The predicted molar refractivity (Wildman–Crippen MR) is 70.0 cm³/mol. The Labute approximate surface area is 117 Å². The number of carboxylic acids is 1. The first-order valence-corrected chi connectivity index (χ1v) is 6.56. The summed E-state index contributed by atoms with van der Waals surface area (Å²) < 4.78 is 5.17. The fourth-order valence-corrected chi connectivity index (χ4v) is 2.28. The van der Waals surface area contributed by atoms with Crippen molar-refractivity contribution in [2.45, 2.75) is 19.9 Å². The van der Waals surface area contributed by atoms with Crippen molar-refractivity contribution in [1.82, 2.24) is 9.80 Å². The molecule has 1 rings (SSSR count). The fraction of sp³-hybridized carbons (Fsp3) is 0.750. The molecule has 3 amide bonds. The predicted octanol–water partition coefficient (Wildman–Crippen LogP) is -0.665. The molecule has 0 saturated carbocycles. The number of likely N-dealkylation sites (N-methyl/N-ethyl adjacent to an activating group) is 2. The van der Waals surface area contributed by atoms with Gasteiger partial charge in [0.1, 0.15) is 12.5 Å². The summed E-state index contributed by atoms with van der Waals surface area (Å²) in [6.07, 6.45) is 0. The Morgan fingerprint density at radius 1 is 1.25 bits per heavy atom. The van der Waals surface area contributed by atoms with Gasteiger partial charge in [0.05, 0.1) is 19.3 Å². The van der Waals surface area contributed by atoms with Gasteiger partial charge in [0.15, 0.2) is 0 Å². The zero-order valence-corrected chi connectivity index (χ0v) is 11.7. The molecule has 0 aromatic heterocycles. The smallest absolute Gasteiger partial charge is 0.320 e. The van der Waals surface area contributed by atoms with Gasteiger partial charge >= 0.3 is 12.0 Å². The minimum absolute atomic E-state index is 0.0890. The molecular weight excluding hydrogens is 266 g/mol. The number of nitrogens with two attached hydrogens (primary N) is 1. The van der Waals surface area contributed by atoms with Crippen LogP contribution in [0.25, 0.3) is 0 Å². The molecule has 1 saturated heterocycles. The van der Waals surface area contributed by atoms with Crippen LogP contribution < -0.4 is 5.73 Å². The average Bonchev–Trinajstić information content (AvgIpc) is 2.85. The minimum Gasteiger partial charge on any atom is -0.481 e. The van der Waals surface area contributed by atoms with Crippen LogP contribution in [0.1, 0.15) is 13.8 Å². The Morgan fingerprint density at radius 2 is 1.90 bits per heavy atom. The molecule has 8 nitrogen and oxygen atoms in total. The molecule has 1 fully saturated rings. The molecule has 8 heteroatoms. The topological polar surface area (TPSA) is 113 Å². The third-order valence-electron chi connectivity index (χ3n) is 3.35. The fourth-order valence-electron chi connectivity index (χ4n) is 2.28. The van der Waals surface area contributed by atoms with Crippen molar-refractivity contribution >= 4 is 17.9 Å². The quantitative estimate of drug-likeness (QED) is 0.673. The number of carbonyl (C=O) groups excluding carboxylic acids is 2. The molecule has 114 valence electrons. The van der Waals surface area contributed by atoms with Gasteiger partial charge in [0.2, 0.25) is 5.91 Å². The normalized spacial score (nSPS) is 21.5. The van der Waals surface area contributed by atoms with E-state index in [0.717, 1.165) is 0 Å². The molecule has 1 aliphatic rings. The maximum absolute atomic E-state index is 12.4. The van der Waals surface area contributed by atoms with Crippen molar-refractivity contribution in [2.75, 3.05) is 32.8 Å². The Morgan fingerprint density at radius 3 is 2.35 bits per heavy atom. The highest BCUT2D eigenvalue weighted by Crippen LogP contribution is 2.21. The van der Waals surface area contributed by atoms with Crippen LogP contribution in [0.15, 0.2) is 0 Å². The highest BCUT2D eigenvalue weighted by atomic mass is 16.5. The summed E-state index contributed by atoms with van der Waals surface area (Å²) in [5, 5.41) is 9.15. The summed E-state index contributed by atoms with van der Waals surface area (Å²) in [5.74, 6) is -2.34. The number of ether oxygens (including phenoxy) is 1.